The summed E-state index contributed by atoms with van der Waals surface area (Å²) in [7, 11) is 0. The molecule has 30 heavy (non-hydrogen) atoms. The summed E-state index contributed by atoms with van der Waals surface area (Å²) in [5.41, 5.74) is -0.0469. The van der Waals surface area contributed by atoms with E-state index in [1.54, 1.807) is 23.1 Å². The van der Waals surface area contributed by atoms with Crippen molar-refractivity contribution >= 4 is 11.7 Å². The third-order valence-corrected chi connectivity index (χ3v) is 4.91. The van der Waals surface area contributed by atoms with Gasteiger partial charge in [0.2, 0.25) is 5.91 Å². The maximum atomic E-state index is 12.9. The summed E-state index contributed by atoms with van der Waals surface area (Å²) in [5.74, 6) is 0.475. The van der Waals surface area contributed by atoms with Crippen LogP contribution in [-0.4, -0.2) is 41.3 Å². The van der Waals surface area contributed by atoms with E-state index in [4.69, 9.17) is 4.74 Å². The van der Waals surface area contributed by atoms with Crippen molar-refractivity contribution in [2.45, 2.75) is 44.7 Å². The van der Waals surface area contributed by atoms with Crippen LogP contribution in [-0.2, 0) is 11.0 Å². The molecule has 0 saturated carbocycles. The molecule has 3 rings (SSSR count). The van der Waals surface area contributed by atoms with Gasteiger partial charge in [0.05, 0.1) is 12.6 Å². The molecule has 6 nitrogen and oxygen atoms in total. The summed E-state index contributed by atoms with van der Waals surface area (Å²) in [5, 5.41) is 12.0. The molecule has 1 unspecified atom stereocenters. The van der Waals surface area contributed by atoms with Crippen LogP contribution in [0, 0.1) is 0 Å². The number of nitrogens with zero attached hydrogens (tertiary/aromatic N) is 2. The van der Waals surface area contributed by atoms with Crippen molar-refractivity contribution in [3.8, 4) is 5.75 Å². The zero-order valence-corrected chi connectivity index (χ0v) is 16.7. The van der Waals surface area contributed by atoms with E-state index in [0.29, 0.717) is 25.3 Å². The van der Waals surface area contributed by atoms with Crippen LogP contribution in [0.5, 0.6) is 5.75 Å². The van der Waals surface area contributed by atoms with E-state index in [-0.39, 0.29) is 18.0 Å². The molecular weight excluding hydrogens is 399 g/mol. The number of hydrogen-bond donors (Lipinski definition) is 2. The largest absolute Gasteiger partial charge is 0.489 e. The third-order valence-electron chi connectivity index (χ3n) is 4.91. The highest BCUT2D eigenvalue weighted by Crippen LogP contribution is 2.30. The minimum Gasteiger partial charge on any atom is -0.489 e. The molecular formula is C21H24F3N3O3. The molecule has 1 amide bonds. The molecule has 1 aliphatic rings. The van der Waals surface area contributed by atoms with Crippen molar-refractivity contribution < 1.29 is 27.8 Å². The fourth-order valence-corrected chi connectivity index (χ4v) is 3.23. The highest BCUT2D eigenvalue weighted by Gasteiger charge is 2.33. The van der Waals surface area contributed by atoms with Crippen LogP contribution in [0.2, 0.25) is 0 Å². The molecule has 1 saturated heterocycles. The highest BCUT2D eigenvalue weighted by molar-refractivity contribution is 5.80. The zero-order valence-electron chi connectivity index (χ0n) is 16.7. The number of rotatable bonds is 6. The normalized spacial score (nSPS) is 18.7. The van der Waals surface area contributed by atoms with E-state index in [1.807, 2.05) is 19.1 Å². The molecule has 2 aromatic rings. The average Bonchev–Trinajstić information content (AvgIpc) is 3.16. The zero-order chi connectivity index (χ0) is 21.9. The van der Waals surface area contributed by atoms with Crippen molar-refractivity contribution in [2.24, 2.45) is 0 Å². The van der Waals surface area contributed by atoms with Crippen LogP contribution in [0.3, 0.4) is 0 Å². The van der Waals surface area contributed by atoms with Crippen LogP contribution in [0.1, 0.15) is 37.6 Å². The Bertz CT molecular complexity index is 872. The SMILES string of the molecule is CC(O)C(=O)N[C@@H](C)c1ccc(O[C@@H]2CCN(c3cccc(C(F)(F)F)n3)C2)cc1. The number of amides is 1. The Morgan fingerprint density at radius 3 is 2.57 bits per heavy atom. The first-order valence-electron chi connectivity index (χ1n) is 9.67. The molecule has 2 heterocycles. The Hall–Kier alpha value is -2.81. The Labute approximate surface area is 172 Å². The van der Waals surface area contributed by atoms with E-state index < -0.39 is 23.9 Å². The second kappa shape index (κ2) is 8.91. The van der Waals surface area contributed by atoms with Gasteiger partial charge >= 0.3 is 6.18 Å². The van der Waals surface area contributed by atoms with Crippen LogP contribution in [0.25, 0.3) is 0 Å². The molecule has 0 radical (unpaired) electrons. The molecule has 0 aliphatic carbocycles. The van der Waals surface area contributed by atoms with E-state index in [0.717, 1.165) is 11.6 Å². The number of nitrogens with one attached hydrogen (secondary N) is 1. The van der Waals surface area contributed by atoms with Gasteiger partial charge in [-0.2, -0.15) is 13.2 Å². The lowest BCUT2D eigenvalue weighted by molar-refractivity contribution is -0.141. The fraction of sp³-hybridized carbons (Fsp3) is 0.429. The van der Waals surface area contributed by atoms with Gasteiger partial charge < -0.3 is 20.1 Å². The van der Waals surface area contributed by atoms with Gasteiger partial charge in [0.1, 0.15) is 29.5 Å². The van der Waals surface area contributed by atoms with Crippen molar-refractivity contribution in [3.63, 3.8) is 0 Å². The van der Waals surface area contributed by atoms with Crippen molar-refractivity contribution in [1.82, 2.24) is 10.3 Å². The number of aliphatic hydroxyl groups excluding tert-OH is 1. The number of halogens is 3. The molecule has 1 aromatic heterocycles. The van der Waals surface area contributed by atoms with Gasteiger partial charge in [0.15, 0.2) is 0 Å². The predicted octanol–water partition coefficient (Wildman–Crippen LogP) is 3.32. The average molecular weight is 423 g/mol. The van der Waals surface area contributed by atoms with Gasteiger partial charge in [-0.1, -0.05) is 18.2 Å². The number of carbonyl (C=O) groups is 1. The third kappa shape index (κ3) is 5.41. The maximum absolute atomic E-state index is 12.9. The predicted molar refractivity (Wildman–Crippen MR) is 105 cm³/mol. The second-order valence-corrected chi connectivity index (χ2v) is 7.33. The Morgan fingerprint density at radius 1 is 1.23 bits per heavy atom. The lowest BCUT2D eigenvalue weighted by Crippen LogP contribution is -2.34. The number of hydrogen-bond acceptors (Lipinski definition) is 5. The lowest BCUT2D eigenvalue weighted by Gasteiger charge is -2.19. The summed E-state index contributed by atoms with van der Waals surface area (Å²) >= 11 is 0. The summed E-state index contributed by atoms with van der Waals surface area (Å²) in [4.78, 5) is 17.1. The van der Waals surface area contributed by atoms with E-state index in [9.17, 15) is 23.1 Å². The topological polar surface area (TPSA) is 74.7 Å². The number of alkyl halides is 3. The number of aromatic nitrogens is 1. The molecule has 162 valence electrons. The molecule has 0 spiro atoms. The Morgan fingerprint density at radius 2 is 1.93 bits per heavy atom. The van der Waals surface area contributed by atoms with Crippen molar-refractivity contribution in [1.29, 1.82) is 0 Å². The number of aliphatic hydroxyl groups is 1. The molecule has 1 fully saturated rings. The molecule has 3 atom stereocenters. The van der Waals surface area contributed by atoms with E-state index in [2.05, 4.69) is 10.3 Å². The number of benzene rings is 1. The monoisotopic (exact) mass is 423 g/mol. The maximum Gasteiger partial charge on any atom is 0.433 e. The first-order chi connectivity index (χ1) is 14.1. The van der Waals surface area contributed by atoms with Gasteiger partial charge in [-0.3, -0.25) is 4.79 Å². The van der Waals surface area contributed by atoms with E-state index in [1.165, 1.54) is 13.0 Å². The summed E-state index contributed by atoms with van der Waals surface area (Å²) in [6, 6.07) is 10.8. The van der Waals surface area contributed by atoms with Crippen LogP contribution in [0.4, 0.5) is 19.0 Å². The quantitative estimate of drug-likeness (QED) is 0.746. The minimum atomic E-state index is -4.47. The number of ether oxygens (including phenoxy) is 1. The van der Waals surface area contributed by atoms with E-state index >= 15 is 0 Å². The Balaban J connectivity index is 1.57. The van der Waals surface area contributed by atoms with Crippen LogP contribution >= 0.6 is 0 Å². The molecule has 1 aromatic carbocycles. The number of pyridine rings is 1. The summed E-state index contributed by atoms with van der Waals surface area (Å²) in [6.45, 7) is 4.21. The van der Waals surface area contributed by atoms with Gasteiger partial charge in [0.25, 0.3) is 0 Å². The first-order valence-corrected chi connectivity index (χ1v) is 9.67. The second-order valence-electron chi connectivity index (χ2n) is 7.33. The number of anilines is 1. The first kappa shape index (κ1) is 21.9. The Kier molecular flexibility index (Phi) is 6.50. The molecule has 0 bridgehead atoms. The van der Waals surface area contributed by atoms with Gasteiger partial charge in [-0.25, -0.2) is 4.98 Å². The van der Waals surface area contributed by atoms with Crippen LogP contribution in [0.15, 0.2) is 42.5 Å². The smallest absolute Gasteiger partial charge is 0.433 e. The standard InChI is InChI=1S/C21H24F3N3O3/c1-13(25-20(29)14(2)28)15-6-8-16(9-7-15)30-17-10-11-27(12-17)19-5-3-4-18(26-19)21(22,23)24/h3-9,13-14,17,28H,10-12H2,1-2H3,(H,25,29)/t13-,14?,17+/m0/s1. The van der Waals surface area contributed by atoms with Crippen LogP contribution < -0.4 is 15.0 Å². The number of carbonyl (C=O) groups excluding carboxylic acids is 1. The lowest BCUT2D eigenvalue weighted by atomic mass is 10.1. The fourth-order valence-electron chi connectivity index (χ4n) is 3.23. The summed E-state index contributed by atoms with van der Waals surface area (Å²) < 4.78 is 44.6. The van der Waals surface area contributed by atoms with Crippen molar-refractivity contribution in [2.75, 3.05) is 18.0 Å². The molecule has 1 aliphatic heterocycles. The van der Waals surface area contributed by atoms with Crippen molar-refractivity contribution in [3.05, 3.63) is 53.7 Å². The minimum absolute atomic E-state index is 0.167. The summed E-state index contributed by atoms with van der Waals surface area (Å²) in [6.07, 6.45) is -5.05. The van der Waals surface area contributed by atoms with Gasteiger partial charge in [-0.05, 0) is 43.7 Å². The highest BCUT2D eigenvalue weighted by atomic mass is 19.4. The van der Waals surface area contributed by atoms with Gasteiger partial charge in [-0.15, -0.1) is 0 Å². The molecule has 2 N–H and O–H groups in total. The molecule has 9 heteroatoms. The van der Waals surface area contributed by atoms with Gasteiger partial charge in [0, 0.05) is 13.0 Å².